The van der Waals surface area contributed by atoms with Crippen LogP contribution in [0.25, 0.3) is 0 Å². The number of aromatic nitrogens is 2. The molecule has 0 aromatic carbocycles. The van der Waals surface area contributed by atoms with Crippen LogP contribution in [0.1, 0.15) is 5.69 Å². The Kier molecular flexibility index (Phi) is 3.51. The lowest BCUT2D eigenvalue weighted by Crippen LogP contribution is -1.80. The molecule has 0 unspecified atom stereocenters. The fourth-order valence-corrected chi connectivity index (χ4v) is 2.42. The minimum Gasteiger partial charge on any atom is -0.159 e. The lowest BCUT2D eigenvalue weighted by Gasteiger charge is -1.91. The molecule has 2 nitrogen and oxygen atoms in total. The second kappa shape index (κ2) is 4.20. The predicted molar refractivity (Wildman–Crippen MR) is 48.9 cm³/mol. The van der Waals surface area contributed by atoms with E-state index in [0.717, 1.165) is 11.4 Å². The Labute approximate surface area is 73.0 Å². The summed E-state index contributed by atoms with van der Waals surface area (Å²) in [6.07, 6.45) is 4.13. The summed E-state index contributed by atoms with van der Waals surface area (Å²) in [6.45, 7) is 0. The van der Waals surface area contributed by atoms with Crippen LogP contribution < -0.4 is 0 Å². The van der Waals surface area contributed by atoms with Crippen molar-refractivity contribution in [2.45, 2.75) is 9.96 Å². The van der Waals surface area contributed by atoms with E-state index in [1.165, 1.54) is 15.7 Å². The largest absolute Gasteiger partial charge is 0.159 e. The molecule has 1 aromatic rings. The molecule has 0 saturated heterocycles. The monoisotopic (exact) mass is 192 g/mol. The Morgan fingerprint density at radius 1 is 1.50 bits per heavy atom. The van der Waals surface area contributed by atoms with E-state index in [4.69, 9.17) is 0 Å². The van der Waals surface area contributed by atoms with Gasteiger partial charge in [-0.3, -0.25) is 0 Å². The standard InChI is InChI=1S/C5H8N2S3/c1-8-3-4-5(9-2)10-7-6-4/h3H2,1-2H3. The third kappa shape index (κ3) is 1.87. The van der Waals surface area contributed by atoms with Gasteiger partial charge in [-0.15, -0.1) is 16.9 Å². The van der Waals surface area contributed by atoms with Crippen LogP contribution in [0.3, 0.4) is 0 Å². The molecular weight excluding hydrogens is 184 g/mol. The van der Waals surface area contributed by atoms with E-state index < -0.39 is 0 Å². The van der Waals surface area contributed by atoms with Crippen molar-refractivity contribution in [3.63, 3.8) is 0 Å². The van der Waals surface area contributed by atoms with E-state index >= 15 is 0 Å². The second-order valence-electron chi connectivity index (χ2n) is 1.64. The smallest absolute Gasteiger partial charge is 0.105 e. The van der Waals surface area contributed by atoms with Gasteiger partial charge in [-0.25, -0.2) is 0 Å². The van der Waals surface area contributed by atoms with E-state index in [0.29, 0.717) is 0 Å². The van der Waals surface area contributed by atoms with Gasteiger partial charge in [0.25, 0.3) is 0 Å². The number of thioether (sulfide) groups is 2. The fourth-order valence-electron chi connectivity index (χ4n) is 0.580. The van der Waals surface area contributed by atoms with Crippen LogP contribution in [-0.4, -0.2) is 22.1 Å². The Morgan fingerprint density at radius 3 is 2.90 bits per heavy atom. The number of hydrogen-bond donors (Lipinski definition) is 0. The molecule has 0 saturated carbocycles. The lowest BCUT2D eigenvalue weighted by atomic mass is 10.6. The van der Waals surface area contributed by atoms with Gasteiger partial charge in [-0.05, 0) is 24.0 Å². The molecule has 0 aliphatic rings. The van der Waals surface area contributed by atoms with E-state index in [9.17, 15) is 0 Å². The van der Waals surface area contributed by atoms with E-state index in [2.05, 4.69) is 22.1 Å². The maximum atomic E-state index is 4.00. The van der Waals surface area contributed by atoms with Gasteiger partial charge in [-0.1, -0.05) is 4.49 Å². The maximum Gasteiger partial charge on any atom is 0.105 e. The number of hydrogen-bond acceptors (Lipinski definition) is 5. The molecule has 0 aliphatic carbocycles. The topological polar surface area (TPSA) is 25.8 Å². The van der Waals surface area contributed by atoms with Crippen LogP contribution in [0, 0.1) is 0 Å². The molecule has 0 N–H and O–H groups in total. The maximum absolute atomic E-state index is 4.00. The van der Waals surface area contributed by atoms with Crippen molar-refractivity contribution in [2.75, 3.05) is 12.5 Å². The van der Waals surface area contributed by atoms with Crippen molar-refractivity contribution in [2.24, 2.45) is 0 Å². The molecule has 5 heteroatoms. The summed E-state index contributed by atoms with van der Waals surface area (Å²) >= 11 is 4.98. The van der Waals surface area contributed by atoms with Crippen LogP contribution in [0.15, 0.2) is 4.21 Å². The summed E-state index contributed by atoms with van der Waals surface area (Å²) in [5, 5.41) is 4.00. The molecule has 0 spiro atoms. The van der Waals surface area contributed by atoms with Gasteiger partial charge in [0.15, 0.2) is 0 Å². The summed E-state index contributed by atoms with van der Waals surface area (Å²) in [6, 6.07) is 0. The first-order valence-corrected chi connectivity index (χ1v) is 6.12. The van der Waals surface area contributed by atoms with Crippen LogP contribution in [0.4, 0.5) is 0 Å². The molecule has 0 aliphatic heterocycles. The quantitative estimate of drug-likeness (QED) is 0.685. The summed E-state index contributed by atoms with van der Waals surface area (Å²) in [5.74, 6) is 0.979. The first kappa shape index (κ1) is 8.36. The van der Waals surface area contributed by atoms with E-state index in [1.54, 1.807) is 23.5 Å². The zero-order valence-electron chi connectivity index (χ0n) is 5.83. The Balaban J connectivity index is 2.70. The SMILES string of the molecule is CSCc1nnsc1SC. The van der Waals surface area contributed by atoms with Gasteiger partial charge >= 0.3 is 0 Å². The first-order valence-electron chi connectivity index (χ1n) is 2.72. The Bertz CT molecular complexity index is 199. The molecule has 1 aromatic heterocycles. The number of nitrogens with zero attached hydrogens (tertiary/aromatic N) is 2. The zero-order chi connectivity index (χ0) is 7.40. The summed E-state index contributed by atoms with van der Waals surface area (Å²) in [4.78, 5) is 0. The van der Waals surface area contributed by atoms with Crippen molar-refractivity contribution in [3.8, 4) is 0 Å². The summed E-state index contributed by atoms with van der Waals surface area (Å²) in [7, 11) is 0. The molecular formula is C5H8N2S3. The van der Waals surface area contributed by atoms with Crippen molar-refractivity contribution in [1.29, 1.82) is 0 Å². The Hall–Kier alpha value is 0.260. The minimum atomic E-state index is 0.979. The molecule has 56 valence electrons. The van der Waals surface area contributed by atoms with Gasteiger partial charge in [-0.2, -0.15) is 11.8 Å². The summed E-state index contributed by atoms with van der Waals surface area (Å²) < 4.78 is 5.11. The van der Waals surface area contributed by atoms with Crippen LogP contribution in [0.2, 0.25) is 0 Å². The van der Waals surface area contributed by atoms with Gasteiger partial charge in [0.1, 0.15) is 4.21 Å². The van der Waals surface area contributed by atoms with Crippen LogP contribution in [0.5, 0.6) is 0 Å². The minimum absolute atomic E-state index is 0.979. The highest BCUT2D eigenvalue weighted by molar-refractivity contribution is 8.00. The van der Waals surface area contributed by atoms with Gasteiger partial charge in [0.05, 0.1) is 5.69 Å². The molecule has 0 bridgehead atoms. The van der Waals surface area contributed by atoms with Crippen molar-refractivity contribution < 1.29 is 0 Å². The van der Waals surface area contributed by atoms with E-state index in [1.807, 2.05) is 0 Å². The predicted octanol–water partition coefficient (Wildman–Crippen LogP) is 2.12. The first-order chi connectivity index (χ1) is 4.88. The normalized spacial score (nSPS) is 10.2. The molecule has 0 atom stereocenters. The third-order valence-corrected chi connectivity index (χ3v) is 3.44. The van der Waals surface area contributed by atoms with Crippen LogP contribution in [-0.2, 0) is 5.75 Å². The van der Waals surface area contributed by atoms with Gasteiger partial charge in [0.2, 0.25) is 0 Å². The number of rotatable bonds is 3. The molecule has 0 amide bonds. The van der Waals surface area contributed by atoms with Gasteiger partial charge in [0, 0.05) is 5.75 Å². The molecule has 0 fully saturated rings. The summed E-state index contributed by atoms with van der Waals surface area (Å²) in [5.41, 5.74) is 1.13. The van der Waals surface area contributed by atoms with Crippen molar-refractivity contribution in [1.82, 2.24) is 9.59 Å². The zero-order valence-corrected chi connectivity index (χ0v) is 8.28. The third-order valence-electron chi connectivity index (χ3n) is 0.987. The fraction of sp³-hybridized carbons (Fsp3) is 0.600. The molecule has 10 heavy (non-hydrogen) atoms. The highest BCUT2D eigenvalue weighted by Crippen LogP contribution is 2.24. The molecule has 1 heterocycles. The van der Waals surface area contributed by atoms with Crippen LogP contribution >= 0.6 is 35.1 Å². The highest BCUT2D eigenvalue weighted by atomic mass is 32.2. The van der Waals surface area contributed by atoms with Crippen molar-refractivity contribution in [3.05, 3.63) is 5.69 Å². The van der Waals surface area contributed by atoms with E-state index in [-0.39, 0.29) is 0 Å². The Morgan fingerprint density at radius 2 is 2.30 bits per heavy atom. The highest BCUT2D eigenvalue weighted by Gasteiger charge is 2.04. The molecule has 0 radical (unpaired) electrons. The average Bonchev–Trinajstić information content (AvgIpc) is 2.36. The second-order valence-corrected chi connectivity index (χ2v) is 4.34. The average molecular weight is 192 g/mol. The molecule has 1 rings (SSSR count). The van der Waals surface area contributed by atoms with Crippen molar-refractivity contribution >= 4 is 35.1 Å². The van der Waals surface area contributed by atoms with Gasteiger partial charge < -0.3 is 0 Å². The lowest BCUT2D eigenvalue weighted by molar-refractivity contribution is 1.05.